The molecule has 0 amide bonds. The molecule has 0 N–H and O–H groups in total. The molecule has 0 bridgehead atoms. The molecule has 0 fully saturated rings. The van der Waals surface area contributed by atoms with Gasteiger partial charge in [-0.25, -0.2) is 0 Å². The predicted octanol–water partition coefficient (Wildman–Crippen LogP) is 4.44. The highest BCUT2D eigenvalue weighted by atomic mass is 79.9. The smallest absolute Gasteiger partial charge is 0.0277 e. The molecule has 0 saturated heterocycles. The molecule has 0 spiro atoms. The molecule has 0 heterocycles. The van der Waals surface area contributed by atoms with E-state index in [0.29, 0.717) is 4.83 Å². The van der Waals surface area contributed by atoms with Crippen molar-refractivity contribution >= 4 is 52.7 Å². The fraction of sp³-hybridized carbons (Fsp3) is 1.00. The zero-order valence-electron chi connectivity index (χ0n) is 7.53. The van der Waals surface area contributed by atoms with Crippen LogP contribution in [0.4, 0.5) is 0 Å². The first-order valence-electron chi connectivity index (χ1n) is 4.18. The molecular weight excluding hydrogens is 322 g/mol. The van der Waals surface area contributed by atoms with E-state index in [4.69, 9.17) is 11.6 Å². The van der Waals surface area contributed by atoms with Crippen LogP contribution in [0.25, 0.3) is 0 Å². The highest BCUT2D eigenvalue weighted by Crippen LogP contribution is 2.05. The Bertz CT molecular complexity index is 66.1. The van der Waals surface area contributed by atoms with Gasteiger partial charge in [0, 0.05) is 16.0 Å². The Morgan fingerprint density at radius 1 is 1.42 bits per heavy atom. The number of rotatable bonds is 5. The van der Waals surface area contributed by atoms with Gasteiger partial charge in [0.05, 0.1) is 0 Å². The molecule has 4 heteroatoms. The summed E-state index contributed by atoms with van der Waals surface area (Å²) in [7, 11) is 2.66. The maximum atomic E-state index is 5.38. The zero-order valence-corrected chi connectivity index (χ0v) is 12.6. The SMILES string of the molecule is CCCCCCl.PCC(Br)CBr. The van der Waals surface area contributed by atoms with Crippen LogP contribution in [0, 0.1) is 0 Å². The van der Waals surface area contributed by atoms with Gasteiger partial charge in [0.25, 0.3) is 0 Å². The first kappa shape index (κ1) is 16.1. The number of hydrogen-bond donors (Lipinski definition) is 0. The van der Waals surface area contributed by atoms with Crippen LogP contribution >= 0.6 is 52.7 Å². The topological polar surface area (TPSA) is 0 Å². The Morgan fingerprint density at radius 2 is 2.00 bits per heavy atom. The number of hydrogen-bond acceptors (Lipinski definition) is 0. The van der Waals surface area contributed by atoms with Crippen LogP contribution in [-0.2, 0) is 0 Å². The van der Waals surface area contributed by atoms with E-state index in [1.165, 1.54) is 19.3 Å². The van der Waals surface area contributed by atoms with Crippen molar-refractivity contribution in [3.05, 3.63) is 0 Å². The summed E-state index contributed by atoms with van der Waals surface area (Å²) in [6.07, 6.45) is 4.85. The minimum atomic E-state index is 0.627. The largest absolute Gasteiger partial charge is 0.136 e. The van der Waals surface area contributed by atoms with Gasteiger partial charge in [0.2, 0.25) is 0 Å². The van der Waals surface area contributed by atoms with E-state index in [-0.39, 0.29) is 0 Å². The van der Waals surface area contributed by atoms with E-state index in [0.717, 1.165) is 17.4 Å². The van der Waals surface area contributed by atoms with Crippen LogP contribution in [0.15, 0.2) is 0 Å². The second-order valence-corrected chi connectivity index (χ2v) is 5.18. The summed E-state index contributed by atoms with van der Waals surface area (Å²) in [4.78, 5) is 0.627. The van der Waals surface area contributed by atoms with Crippen molar-refractivity contribution in [1.82, 2.24) is 0 Å². The van der Waals surface area contributed by atoms with Gasteiger partial charge in [0.15, 0.2) is 0 Å². The van der Waals surface area contributed by atoms with Crippen LogP contribution in [0.3, 0.4) is 0 Å². The fourth-order valence-electron chi connectivity index (χ4n) is 0.407. The van der Waals surface area contributed by atoms with E-state index < -0.39 is 0 Å². The van der Waals surface area contributed by atoms with Crippen molar-refractivity contribution in [2.24, 2.45) is 0 Å². The molecule has 0 aromatic heterocycles. The third-order valence-corrected chi connectivity index (χ3v) is 5.03. The Hall–Kier alpha value is 1.68. The normalized spacial score (nSPS) is 11.8. The zero-order chi connectivity index (χ0) is 9.82. The molecule has 0 aliphatic heterocycles. The lowest BCUT2D eigenvalue weighted by atomic mass is 10.3. The average molecular weight is 340 g/mol. The standard InChI is InChI=1S/C5H11Cl.C3H7Br2P/c1-2-3-4-5-6;4-1-3(5)2-6/h2-5H2,1H3;3H,1-2,6H2. The van der Waals surface area contributed by atoms with Gasteiger partial charge in [0.1, 0.15) is 0 Å². The Kier molecular flexibility index (Phi) is 20.4. The molecule has 0 rings (SSSR count). The number of unbranched alkanes of at least 4 members (excludes halogenated alkanes) is 2. The summed E-state index contributed by atoms with van der Waals surface area (Å²) in [5.41, 5.74) is 0. The van der Waals surface area contributed by atoms with Crippen LogP contribution in [-0.4, -0.2) is 22.2 Å². The first-order valence-corrected chi connectivity index (χ1v) is 7.57. The molecule has 0 aliphatic rings. The van der Waals surface area contributed by atoms with E-state index in [1.54, 1.807) is 0 Å². The third-order valence-electron chi connectivity index (χ3n) is 1.16. The van der Waals surface area contributed by atoms with Crippen LogP contribution < -0.4 is 0 Å². The highest BCUT2D eigenvalue weighted by molar-refractivity contribution is 9.12. The van der Waals surface area contributed by atoms with E-state index in [2.05, 4.69) is 48.0 Å². The molecule has 0 aromatic rings. The second kappa shape index (κ2) is 15.2. The molecule has 2 unspecified atom stereocenters. The molecule has 0 aromatic carbocycles. The van der Waals surface area contributed by atoms with Gasteiger partial charge < -0.3 is 0 Å². The Labute approximate surface area is 101 Å². The maximum absolute atomic E-state index is 5.38. The van der Waals surface area contributed by atoms with Crippen molar-refractivity contribution in [1.29, 1.82) is 0 Å². The van der Waals surface area contributed by atoms with Crippen molar-refractivity contribution in [2.75, 3.05) is 17.4 Å². The van der Waals surface area contributed by atoms with Crippen molar-refractivity contribution in [3.8, 4) is 0 Å². The fourth-order valence-corrected chi connectivity index (χ4v) is 1.52. The summed E-state index contributed by atoms with van der Waals surface area (Å²) in [6, 6.07) is 0. The highest BCUT2D eigenvalue weighted by Gasteiger charge is 1.92. The van der Waals surface area contributed by atoms with Gasteiger partial charge >= 0.3 is 0 Å². The predicted molar refractivity (Wildman–Crippen MR) is 71.3 cm³/mol. The lowest BCUT2D eigenvalue weighted by Crippen LogP contribution is -1.97. The molecule has 12 heavy (non-hydrogen) atoms. The monoisotopic (exact) mass is 338 g/mol. The first-order chi connectivity index (χ1) is 5.72. The maximum Gasteiger partial charge on any atom is 0.0277 e. The summed E-state index contributed by atoms with van der Waals surface area (Å²) in [5, 5.41) is 1.04. The molecule has 0 saturated carbocycles. The van der Waals surface area contributed by atoms with Gasteiger partial charge in [-0.05, 0) is 12.6 Å². The summed E-state index contributed by atoms with van der Waals surface area (Å²) >= 11 is 12.1. The van der Waals surface area contributed by atoms with E-state index >= 15 is 0 Å². The van der Waals surface area contributed by atoms with E-state index in [1.807, 2.05) is 0 Å². The minimum Gasteiger partial charge on any atom is -0.136 e. The van der Waals surface area contributed by atoms with E-state index in [9.17, 15) is 0 Å². The van der Waals surface area contributed by atoms with Crippen molar-refractivity contribution in [3.63, 3.8) is 0 Å². The number of halogens is 3. The summed E-state index contributed by atoms with van der Waals surface area (Å²) in [5.74, 6) is 0.827. The number of alkyl halides is 3. The summed E-state index contributed by atoms with van der Waals surface area (Å²) in [6.45, 7) is 2.17. The lowest BCUT2D eigenvalue weighted by Gasteiger charge is -1.94. The average Bonchev–Trinajstić information content (AvgIpc) is 2.14. The van der Waals surface area contributed by atoms with Crippen molar-refractivity contribution in [2.45, 2.75) is 31.0 Å². The van der Waals surface area contributed by atoms with Crippen LogP contribution in [0.1, 0.15) is 26.2 Å². The van der Waals surface area contributed by atoms with Crippen LogP contribution in [0.2, 0.25) is 0 Å². The van der Waals surface area contributed by atoms with Gasteiger partial charge in [-0.2, -0.15) is 0 Å². The molecule has 76 valence electrons. The Morgan fingerprint density at radius 3 is 2.08 bits per heavy atom. The molecule has 0 radical (unpaired) electrons. The molecular formula is C8H18Br2ClP. The second-order valence-electron chi connectivity index (χ2n) is 2.38. The quantitative estimate of drug-likeness (QED) is 0.394. The third kappa shape index (κ3) is 17.7. The van der Waals surface area contributed by atoms with Gasteiger partial charge in [-0.1, -0.05) is 51.6 Å². The van der Waals surface area contributed by atoms with Gasteiger partial charge in [-0.3, -0.25) is 0 Å². The van der Waals surface area contributed by atoms with Gasteiger partial charge in [-0.15, -0.1) is 20.8 Å². The van der Waals surface area contributed by atoms with Crippen molar-refractivity contribution < 1.29 is 0 Å². The Balaban J connectivity index is 0. The van der Waals surface area contributed by atoms with Crippen LogP contribution in [0.5, 0.6) is 0 Å². The molecule has 0 aliphatic carbocycles. The molecule has 2 atom stereocenters. The molecule has 0 nitrogen and oxygen atoms in total. The lowest BCUT2D eigenvalue weighted by molar-refractivity contribution is 0.776. The minimum absolute atomic E-state index is 0.627. The summed E-state index contributed by atoms with van der Waals surface area (Å²) < 4.78 is 0.